The standard InChI is InChI=1S/C12H10BrClN2O2S/c13-12-6-5-11(7-15-12)16-19(17,18)8-9-1-3-10(14)4-2-9/h1-7,16H,8H2. The number of sulfonamides is 1. The molecule has 0 bridgehead atoms. The molecule has 1 N–H and O–H groups in total. The highest BCUT2D eigenvalue weighted by molar-refractivity contribution is 9.10. The summed E-state index contributed by atoms with van der Waals surface area (Å²) in [7, 11) is -3.46. The van der Waals surface area contributed by atoms with Gasteiger partial charge in [0.25, 0.3) is 0 Å². The Bertz CT molecular complexity index is 604. The lowest BCUT2D eigenvalue weighted by Crippen LogP contribution is -2.15. The van der Waals surface area contributed by atoms with Crippen LogP contribution in [-0.2, 0) is 15.8 Å². The number of pyridine rings is 1. The number of nitrogens with one attached hydrogen (secondary N) is 1. The summed E-state index contributed by atoms with van der Waals surface area (Å²) in [6, 6.07) is 9.99. The summed E-state index contributed by atoms with van der Waals surface area (Å²) in [4.78, 5) is 3.95. The van der Waals surface area contributed by atoms with Crippen molar-refractivity contribution in [3.63, 3.8) is 0 Å². The molecule has 0 aliphatic carbocycles. The smallest absolute Gasteiger partial charge is 0.236 e. The van der Waals surface area contributed by atoms with Gasteiger partial charge in [0.15, 0.2) is 0 Å². The van der Waals surface area contributed by atoms with Gasteiger partial charge < -0.3 is 0 Å². The fraction of sp³-hybridized carbons (Fsp3) is 0.0833. The van der Waals surface area contributed by atoms with Crippen molar-refractivity contribution in [2.45, 2.75) is 5.75 Å². The molecule has 0 fully saturated rings. The lowest BCUT2D eigenvalue weighted by atomic mass is 10.2. The molecule has 2 rings (SSSR count). The number of hydrogen-bond donors (Lipinski definition) is 1. The maximum absolute atomic E-state index is 12.0. The Labute approximate surface area is 125 Å². The van der Waals surface area contributed by atoms with Crippen molar-refractivity contribution >= 4 is 43.2 Å². The topological polar surface area (TPSA) is 59.1 Å². The average molecular weight is 362 g/mol. The highest BCUT2D eigenvalue weighted by atomic mass is 79.9. The molecule has 0 radical (unpaired) electrons. The Balaban J connectivity index is 2.10. The first-order valence-corrected chi connectivity index (χ1v) is 8.13. The molecule has 0 spiro atoms. The molecule has 1 aromatic heterocycles. The second kappa shape index (κ2) is 5.90. The third-order valence-electron chi connectivity index (χ3n) is 2.27. The van der Waals surface area contributed by atoms with Gasteiger partial charge in [-0.2, -0.15) is 0 Å². The van der Waals surface area contributed by atoms with Crippen LogP contribution in [0.5, 0.6) is 0 Å². The normalized spacial score (nSPS) is 11.3. The summed E-state index contributed by atoms with van der Waals surface area (Å²) in [5.41, 5.74) is 1.10. The van der Waals surface area contributed by atoms with E-state index in [1.165, 1.54) is 6.20 Å². The maximum Gasteiger partial charge on any atom is 0.236 e. The summed E-state index contributed by atoms with van der Waals surface area (Å²) in [5, 5.41) is 0.575. The largest absolute Gasteiger partial charge is 0.282 e. The molecule has 0 aliphatic rings. The first-order chi connectivity index (χ1) is 8.94. The monoisotopic (exact) mass is 360 g/mol. The van der Waals surface area contributed by atoms with Gasteiger partial charge in [-0.3, -0.25) is 4.72 Å². The van der Waals surface area contributed by atoms with E-state index in [0.717, 1.165) is 0 Å². The number of rotatable bonds is 4. The zero-order valence-corrected chi connectivity index (χ0v) is 12.8. The van der Waals surface area contributed by atoms with E-state index < -0.39 is 10.0 Å². The van der Waals surface area contributed by atoms with Crippen LogP contribution in [0.15, 0.2) is 47.2 Å². The van der Waals surface area contributed by atoms with E-state index in [1.807, 2.05) is 0 Å². The fourth-order valence-electron chi connectivity index (χ4n) is 1.45. The molecule has 2 aromatic rings. The molecular weight excluding hydrogens is 352 g/mol. The van der Waals surface area contributed by atoms with E-state index in [-0.39, 0.29) is 5.75 Å². The van der Waals surface area contributed by atoms with Crippen molar-refractivity contribution in [3.8, 4) is 0 Å². The second-order valence-electron chi connectivity index (χ2n) is 3.86. The SMILES string of the molecule is O=S(=O)(Cc1ccc(Cl)cc1)Nc1ccc(Br)nc1. The van der Waals surface area contributed by atoms with Crippen molar-refractivity contribution < 1.29 is 8.42 Å². The molecule has 0 unspecified atom stereocenters. The summed E-state index contributed by atoms with van der Waals surface area (Å²) in [6.07, 6.45) is 1.45. The summed E-state index contributed by atoms with van der Waals surface area (Å²) in [6.45, 7) is 0. The molecule has 100 valence electrons. The minimum absolute atomic E-state index is 0.111. The molecule has 19 heavy (non-hydrogen) atoms. The van der Waals surface area contributed by atoms with Crippen LogP contribution in [0.3, 0.4) is 0 Å². The quantitative estimate of drug-likeness (QED) is 0.849. The van der Waals surface area contributed by atoms with Crippen LogP contribution in [0.1, 0.15) is 5.56 Å². The van der Waals surface area contributed by atoms with Crippen molar-refractivity contribution in [1.82, 2.24) is 4.98 Å². The molecule has 7 heteroatoms. The molecular formula is C12H10BrClN2O2S. The predicted octanol–water partition coefficient (Wildman–Crippen LogP) is 3.44. The Hall–Kier alpha value is -1.11. The summed E-state index contributed by atoms with van der Waals surface area (Å²) < 4.78 is 27.0. The van der Waals surface area contributed by atoms with Crippen molar-refractivity contribution in [3.05, 3.63) is 57.8 Å². The van der Waals surface area contributed by atoms with E-state index in [0.29, 0.717) is 20.9 Å². The lowest BCUT2D eigenvalue weighted by Gasteiger charge is -2.07. The first kappa shape index (κ1) is 14.3. The molecule has 1 aromatic carbocycles. The highest BCUT2D eigenvalue weighted by Crippen LogP contribution is 2.15. The zero-order chi connectivity index (χ0) is 13.9. The van der Waals surface area contributed by atoms with E-state index in [9.17, 15) is 8.42 Å². The first-order valence-electron chi connectivity index (χ1n) is 5.31. The number of anilines is 1. The van der Waals surface area contributed by atoms with Gasteiger partial charge in [0, 0.05) is 5.02 Å². The number of nitrogens with zero attached hydrogens (tertiary/aromatic N) is 1. The highest BCUT2D eigenvalue weighted by Gasteiger charge is 2.11. The van der Waals surface area contributed by atoms with Gasteiger partial charge in [-0.1, -0.05) is 23.7 Å². The molecule has 0 saturated heterocycles. The molecule has 0 saturated carbocycles. The van der Waals surface area contributed by atoms with Crippen LogP contribution < -0.4 is 4.72 Å². The number of benzene rings is 1. The minimum atomic E-state index is -3.46. The van der Waals surface area contributed by atoms with Crippen molar-refractivity contribution in [2.75, 3.05) is 4.72 Å². The molecule has 4 nitrogen and oxygen atoms in total. The van der Waals surface area contributed by atoms with E-state index >= 15 is 0 Å². The van der Waals surface area contributed by atoms with Crippen LogP contribution in [0, 0.1) is 0 Å². The third-order valence-corrected chi connectivity index (χ3v) is 4.25. The predicted molar refractivity (Wildman–Crippen MR) is 79.6 cm³/mol. The van der Waals surface area contributed by atoms with Crippen LogP contribution >= 0.6 is 27.5 Å². The van der Waals surface area contributed by atoms with Crippen LogP contribution in [-0.4, -0.2) is 13.4 Å². The van der Waals surface area contributed by atoms with E-state index in [4.69, 9.17) is 11.6 Å². The van der Waals surface area contributed by atoms with Gasteiger partial charge in [-0.15, -0.1) is 0 Å². The van der Waals surface area contributed by atoms with Crippen molar-refractivity contribution in [2.24, 2.45) is 0 Å². The van der Waals surface area contributed by atoms with Gasteiger partial charge in [-0.25, -0.2) is 13.4 Å². The van der Waals surface area contributed by atoms with Crippen LogP contribution in [0.25, 0.3) is 0 Å². The summed E-state index contributed by atoms with van der Waals surface area (Å²) >= 11 is 8.93. The Kier molecular flexibility index (Phi) is 4.44. The van der Waals surface area contributed by atoms with Gasteiger partial charge in [-0.05, 0) is 45.8 Å². The number of aromatic nitrogens is 1. The number of hydrogen-bond acceptors (Lipinski definition) is 3. The fourth-order valence-corrected chi connectivity index (χ4v) is 3.00. The summed E-state index contributed by atoms with van der Waals surface area (Å²) in [5.74, 6) is -0.111. The van der Waals surface area contributed by atoms with Crippen molar-refractivity contribution in [1.29, 1.82) is 0 Å². The molecule has 0 aliphatic heterocycles. The van der Waals surface area contributed by atoms with Crippen LogP contribution in [0.4, 0.5) is 5.69 Å². The van der Waals surface area contributed by atoms with Gasteiger partial charge in [0.05, 0.1) is 17.6 Å². The van der Waals surface area contributed by atoms with Gasteiger partial charge in [0.1, 0.15) is 4.60 Å². The minimum Gasteiger partial charge on any atom is -0.282 e. The number of halogens is 2. The van der Waals surface area contributed by atoms with E-state index in [2.05, 4.69) is 25.6 Å². The third kappa shape index (κ3) is 4.49. The van der Waals surface area contributed by atoms with Crippen LogP contribution in [0.2, 0.25) is 5.02 Å². The Morgan fingerprint density at radius 3 is 2.42 bits per heavy atom. The molecule has 0 atom stereocenters. The second-order valence-corrected chi connectivity index (χ2v) is 6.83. The maximum atomic E-state index is 12.0. The Morgan fingerprint density at radius 1 is 1.16 bits per heavy atom. The molecule has 1 heterocycles. The Morgan fingerprint density at radius 2 is 1.84 bits per heavy atom. The van der Waals surface area contributed by atoms with E-state index in [1.54, 1.807) is 36.4 Å². The van der Waals surface area contributed by atoms with Gasteiger partial charge in [0.2, 0.25) is 10.0 Å². The van der Waals surface area contributed by atoms with Gasteiger partial charge >= 0.3 is 0 Å². The zero-order valence-electron chi connectivity index (χ0n) is 9.68. The average Bonchev–Trinajstić information content (AvgIpc) is 2.34. The lowest BCUT2D eigenvalue weighted by molar-refractivity contribution is 0.600. The molecule has 0 amide bonds.